The van der Waals surface area contributed by atoms with Crippen molar-refractivity contribution in [1.29, 1.82) is 0 Å². The minimum atomic E-state index is -0.813. The van der Waals surface area contributed by atoms with E-state index in [0.717, 1.165) is 13.0 Å². The Bertz CT molecular complexity index is 845. The van der Waals surface area contributed by atoms with Gasteiger partial charge in [0.2, 0.25) is 0 Å². The Morgan fingerprint density at radius 1 is 0.933 bits per heavy atom. The van der Waals surface area contributed by atoms with Crippen LogP contribution in [0, 0.1) is 0 Å². The lowest BCUT2D eigenvalue weighted by molar-refractivity contribution is -0.164. The van der Waals surface area contributed by atoms with Gasteiger partial charge in [0.1, 0.15) is 0 Å². The lowest BCUT2D eigenvalue weighted by Crippen LogP contribution is -2.29. The molecule has 0 radical (unpaired) electrons. The molecule has 1 unspecified atom stereocenters. The van der Waals surface area contributed by atoms with Crippen LogP contribution in [-0.2, 0) is 28.9 Å². The van der Waals surface area contributed by atoms with Crippen molar-refractivity contribution < 1.29 is 14.6 Å². The second kappa shape index (κ2) is 9.21. The van der Waals surface area contributed by atoms with E-state index in [0.29, 0.717) is 24.9 Å². The number of rotatable bonds is 6. The molecule has 164 valence electrons. The summed E-state index contributed by atoms with van der Waals surface area (Å²) in [7, 11) is 0. The van der Waals surface area contributed by atoms with Crippen LogP contribution in [0.3, 0.4) is 0 Å². The van der Waals surface area contributed by atoms with Crippen molar-refractivity contribution >= 4 is 0 Å². The van der Waals surface area contributed by atoms with Crippen LogP contribution < -0.4 is 0 Å². The molecule has 0 fully saturated rings. The van der Waals surface area contributed by atoms with Crippen LogP contribution in [0.25, 0.3) is 11.1 Å². The minimum absolute atomic E-state index is 0.361. The lowest BCUT2D eigenvalue weighted by atomic mass is 9.83. The third-order valence-corrected chi connectivity index (χ3v) is 5.74. The van der Waals surface area contributed by atoms with E-state index in [9.17, 15) is 5.11 Å². The van der Waals surface area contributed by atoms with Crippen LogP contribution in [0.1, 0.15) is 88.1 Å². The first-order chi connectivity index (χ1) is 14.0. The van der Waals surface area contributed by atoms with Gasteiger partial charge in [-0.25, -0.2) is 0 Å². The summed E-state index contributed by atoms with van der Waals surface area (Å²) in [5.41, 5.74) is 8.61. The molecule has 3 rings (SSSR count). The molecule has 2 aromatic rings. The molecule has 1 aliphatic rings. The molecule has 1 atom stereocenters. The van der Waals surface area contributed by atoms with Crippen molar-refractivity contribution in [3.63, 3.8) is 0 Å². The van der Waals surface area contributed by atoms with E-state index in [1.807, 2.05) is 20.8 Å². The van der Waals surface area contributed by atoms with E-state index < -0.39 is 6.29 Å². The predicted molar refractivity (Wildman–Crippen MR) is 124 cm³/mol. The molecule has 0 aromatic heterocycles. The van der Waals surface area contributed by atoms with Gasteiger partial charge in [-0.3, -0.25) is 0 Å². The highest BCUT2D eigenvalue weighted by Crippen LogP contribution is 2.35. The normalized spacial score (nSPS) is 15.5. The number of hydrogen-bond donors (Lipinski definition) is 1. The molecule has 2 aromatic carbocycles. The van der Waals surface area contributed by atoms with Crippen molar-refractivity contribution in [3.05, 3.63) is 58.1 Å². The third-order valence-electron chi connectivity index (χ3n) is 5.74. The lowest BCUT2D eigenvalue weighted by Gasteiger charge is -2.27. The zero-order chi connectivity index (χ0) is 22.1. The molecule has 1 heterocycles. The first kappa shape index (κ1) is 23.0. The fraction of sp³-hybridized carbons (Fsp3) is 0.556. The maximum atomic E-state index is 10.6. The van der Waals surface area contributed by atoms with Crippen LogP contribution in [0.4, 0.5) is 0 Å². The number of hydrogen-bond acceptors (Lipinski definition) is 3. The van der Waals surface area contributed by atoms with E-state index in [1.165, 1.54) is 38.9 Å². The van der Waals surface area contributed by atoms with Gasteiger partial charge in [0.25, 0.3) is 0 Å². The monoisotopic (exact) mass is 410 g/mol. The van der Waals surface area contributed by atoms with Crippen molar-refractivity contribution in [2.75, 3.05) is 6.61 Å². The van der Waals surface area contributed by atoms with Crippen molar-refractivity contribution in [3.8, 4) is 11.1 Å². The average molecular weight is 411 g/mol. The Balaban J connectivity index is 2.05. The van der Waals surface area contributed by atoms with Crippen molar-refractivity contribution in [2.45, 2.75) is 91.6 Å². The molecule has 0 amide bonds. The fourth-order valence-electron chi connectivity index (χ4n) is 4.32. The Kier molecular flexibility index (Phi) is 7.06. The molecule has 1 N–H and O–H groups in total. The van der Waals surface area contributed by atoms with E-state index in [1.54, 1.807) is 0 Å². The van der Waals surface area contributed by atoms with Crippen molar-refractivity contribution in [1.82, 2.24) is 0 Å². The summed E-state index contributed by atoms with van der Waals surface area (Å²) in [6.07, 6.45) is 0.692. The van der Waals surface area contributed by atoms with Gasteiger partial charge in [0.15, 0.2) is 6.29 Å². The van der Waals surface area contributed by atoms with Gasteiger partial charge in [0.05, 0.1) is 18.8 Å². The maximum absolute atomic E-state index is 10.6. The number of aliphatic hydroxyl groups is 1. The van der Waals surface area contributed by atoms with Gasteiger partial charge in [-0.15, -0.1) is 0 Å². The first-order valence-corrected chi connectivity index (χ1v) is 11.3. The van der Waals surface area contributed by atoms with E-state index in [4.69, 9.17) is 9.47 Å². The highest BCUT2D eigenvalue weighted by atomic mass is 16.6. The predicted octanol–water partition coefficient (Wildman–Crippen LogP) is 6.35. The Morgan fingerprint density at radius 2 is 1.57 bits per heavy atom. The summed E-state index contributed by atoms with van der Waals surface area (Å²) in [6.45, 7) is 16.4. The molecule has 0 spiro atoms. The largest absolute Gasteiger partial charge is 0.376 e. The molecule has 0 saturated heterocycles. The highest BCUT2D eigenvalue weighted by molar-refractivity contribution is 5.68. The van der Waals surface area contributed by atoms with Gasteiger partial charge in [0, 0.05) is 6.42 Å². The van der Waals surface area contributed by atoms with Crippen molar-refractivity contribution in [2.24, 2.45) is 0 Å². The SMILES string of the molecule is CC(C)c1cc(-c2ccc3c(c2)COCC3)cc(C(C)C)c1CC(O)OC(C)(C)C. The summed E-state index contributed by atoms with van der Waals surface area (Å²) >= 11 is 0. The summed E-state index contributed by atoms with van der Waals surface area (Å²) in [4.78, 5) is 0. The third kappa shape index (κ3) is 5.51. The smallest absolute Gasteiger partial charge is 0.159 e. The molecule has 0 saturated carbocycles. The quantitative estimate of drug-likeness (QED) is 0.564. The molecular weight excluding hydrogens is 372 g/mol. The van der Waals surface area contributed by atoms with Crippen LogP contribution >= 0.6 is 0 Å². The molecule has 1 aliphatic heterocycles. The van der Waals surface area contributed by atoms with Gasteiger partial charge >= 0.3 is 0 Å². The average Bonchev–Trinajstić information content (AvgIpc) is 2.65. The van der Waals surface area contributed by atoms with Crippen LogP contribution in [0.15, 0.2) is 30.3 Å². The molecular formula is C27H38O3. The van der Waals surface area contributed by atoms with Crippen LogP contribution in [0.5, 0.6) is 0 Å². The number of benzene rings is 2. The molecule has 3 nitrogen and oxygen atoms in total. The fourth-order valence-corrected chi connectivity index (χ4v) is 4.32. The molecule has 0 aliphatic carbocycles. The second-order valence-corrected chi connectivity index (χ2v) is 10.1. The minimum Gasteiger partial charge on any atom is -0.376 e. The van der Waals surface area contributed by atoms with Crippen LogP contribution in [0.2, 0.25) is 0 Å². The second-order valence-electron chi connectivity index (χ2n) is 10.1. The number of fused-ring (bicyclic) bond motifs is 1. The Labute approximate surface area is 182 Å². The zero-order valence-electron chi connectivity index (χ0n) is 19.7. The first-order valence-electron chi connectivity index (χ1n) is 11.3. The highest BCUT2D eigenvalue weighted by Gasteiger charge is 2.23. The van der Waals surface area contributed by atoms with Gasteiger partial charge in [-0.05, 0) is 84.0 Å². The standard InChI is InChI=1S/C27H38O3/c1-17(2)23-13-21(20-9-8-19-10-11-29-16-22(19)12-20)14-24(18(3)4)25(23)15-26(28)30-27(5,6)7/h8-9,12-14,17-18,26,28H,10-11,15-16H2,1-7H3. The van der Waals surface area contributed by atoms with Gasteiger partial charge < -0.3 is 14.6 Å². The summed E-state index contributed by atoms with van der Waals surface area (Å²) in [6, 6.07) is 11.4. The Morgan fingerprint density at radius 3 is 2.13 bits per heavy atom. The van der Waals surface area contributed by atoms with E-state index in [-0.39, 0.29) is 5.60 Å². The summed E-state index contributed by atoms with van der Waals surface area (Å²) < 4.78 is 11.5. The number of ether oxygens (including phenoxy) is 2. The molecule has 3 heteroatoms. The summed E-state index contributed by atoms with van der Waals surface area (Å²) in [5.74, 6) is 0.723. The topological polar surface area (TPSA) is 38.7 Å². The van der Waals surface area contributed by atoms with Crippen LogP contribution in [-0.4, -0.2) is 23.6 Å². The van der Waals surface area contributed by atoms with Gasteiger partial charge in [-0.1, -0.05) is 52.0 Å². The van der Waals surface area contributed by atoms with Gasteiger partial charge in [-0.2, -0.15) is 0 Å². The zero-order valence-corrected chi connectivity index (χ0v) is 19.7. The number of aliphatic hydroxyl groups excluding tert-OH is 1. The Hall–Kier alpha value is -1.68. The van der Waals surface area contributed by atoms with E-state index >= 15 is 0 Å². The molecule has 0 bridgehead atoms. The summed E-state index contributed by atoms with van der Waals surface area (Å²) in [5, 5.41) is 10.6. The van der Waals surface area contributed by atoms with E-state index in [2.05, 4.69) is 58.0 Å². The molecule has 30 heavy (non-hydrogen) atoms. The maximum Gasteiger partial charge on any atom is 0.159 e.